The Hall–Kier alpha value is -1.22. The molecule has 0 atom stereocenters. The molecular weight excluding hydrogens is 232 g/mol. The van der Waals surface area contributed by atoms with E-state index in [0.717, 1.165) is 18.7 Å². The van der Waals surface area contributed by atoms with E-state index in [0.29, 0.717) is 5.92 Å². The zero-order valence-electron chi connectivity index (χ0n) is 11.2. The molecule has 1 rings (SSSR count). The molecule has 0 aliphatic carbocycles. The summed E-state index contributed by atoms with van der Waals surface area (Å²) in [5.74, 6) is 0.402. The minimum Gasteiger partial charge on any atom is -0.313 e. The zero-order valence-corrected chi connectivity index (χ0v) is 11.2. The molecule has 0 aliphatic heterocycles. The van der Waals surface area contributed by atoms with Crippen molar-refractivity contribution in [2.75, 3.05) is 13.1 Å². The smallest absolute Gasteiger partial charge is 0.263 e. The fraction of sp³-hybridized carbons (Fsp3) is 0.467. The van der Waals surface area contributed by atoms with Crippen molar-refractivity contribution in [3.63, 3.8) is 0 Å². The molecule has 0 amide bonds. The van der Waals surface area contributed by atoms with Gasteiger partial charge in [0.1, 0.15) is 0 Å². The lowest BCUT2D eigenvalue weighted by Crippen LogP contribution is -2.18. The first kappa shape index (κ1) is 14.8. The van der Waals surface area contributed by atoms with E-state index in [9.17, 15) is 8.78 Å². The predicted molar refractivity (Wildman–Crippen MR) is 72.8 cm³/mol. The number of nitrogens with one attached hydrogen (secondary N) is 1. The van der Waals surface area contributed by atoms with Crippen molar-refractivity contribution in [3.05, 3.63) is 41.0 Å². The minimum atomic E-state index is -2.41. The van der Waals surface area contributed by atoms with Gasteiger partial charge in [-0.05, 0) is 24.1 Å². The summed E-state index contributed by atoms with van der Waals surface area (Å²) in [6, 6.07) is 6.55. The van der Waals surface area contributed by atoms with Crippen LogP contribution in [0.2, 0.25) is 0 Å². The Balaban J connectivity index is 2.93. The molecule has 1 nitrogen and oxygen atoms in total. The Labute approximate surface area is 108 Å². The average molecular weight is 253 g/mol. The van der Waals surface area contributed by atoms with Crippen molar-refractivity contribution >= 4 is 6.08 Å². The molecule has 1 N–H and O–H groups in total. The van der Waals surface area contributed by atoms with Gasteiger partial charge in [0.25, 0.3) is 6.43 Å². The predicted octanol–water partition coefficient (Wildman–Crippen LogP) is 4.27. The number of hydrogen-bond acceptors (Lipinski definition) is 1. The standard InChI is InChI=1S/C15H21F2N/c1-4-18-10-14(11(2)3)9-12-6-5-7-13(8-12)15(16)17/h5-9,11,15,18H,4,10H2,1-3H3/b14-9-. The fourth-order valence-corrected chi connectivity index (χ4v) is 1.69. The SMILES string of the molecule is CCNC/C(=C/c1cccc(C(F)F)c1)C(C)C. The van der Waals surface area contributed by atoms with Crippen LogP contribution >= 0.6 is 0 Å². The van der Waals surface area contributed by atoms with Crippen LogP contribution in [-0.2, 0) is 0 Å². The number of benzene rings is 1. The van der Waals surface area contributed by atoms with E-state index in [1.54, 1.807) is 12.1 Å². The molecule has 1 aromatic carbocycles. The highest BCUT2D eigenvalue weighted by Crippen LogP contribution is 2.21. The van der Waals surface area contributed by atoms with E-state index >= 15 is 0 Å². The van der Waals surface area contributed by atoms with Crippen LogP contribution in [0.15, 0.2) is 29.8 Å². The largest absolute Gasteiger partial charge is 0.313 e. The second kappa shape index (κ2) is 7.27. The lowest BCUT2D eigenvalue weighted by atomic mass is 9.99. The summed E-state index contributed by atoms with van der Waals surface area (Å²) >= 11 is 0. The number of halogens is 2. The summed E-state index contributed by atoms with van der Waals surface area (Å²) in [6.07, 6.45) is -0.409. The third-order valence-corrected chi connectivity index (χ3v) is 2.84. The Morgan fingerprint density at radius 2 is 2.06 bits per heavy atom. The quantitative estimate of drug-likeness (QED) is 0.798. The second-order valence-corrected chi connectivity index (χ2v) is 4.63. The van der Waals surface area contributed by atoms with Gasteiger partial charge in [-0.25, -0.2) is 8.78 Å². The van der Waals surface area contributed by atoms with E-state index < -0.39 is 6.43 Å². The van der Waals surface area contributed by atoms with Gasteiger partial charge in [-0.3, -0.25) is 0 Å². The Kier molecular flexibility index (Phi) is 5.99. The van der Waals surface area contributed by atoms with Crippen molar-refractivity contribution in [1.82, 2.24) is 5.32 Å². The normalized spacial score (nSPS) is 12.5. The molecule has 0 spiro atoms. The molecule has 0 saturated carbocycles. The van der Waals surface area contributed by atoms with Gasteiger partial charge in [0, 0.05) is 12.1 Å². The van der Waals surface area contributed by atoms with Crippen LogP contribution in [0, 0.1) is 5.92 Å². The van der Waals surface area contributed by atoms with Crippen molar-refractivity contribution in [2.24, 2.45) is 5.92 Å². The fourth-order valence-electron chi connectivity index (χ4n) is 1.69. The molecule has 0 saturated heterocycles. The second-order valence-electron chi connectivity index (χ2n) is 4.63. The first-order valence-electron chi connectivity index (χ1n) is 6.33. The lowest BCUT2D eigenvalue weighted by Gasteiger charge is -2.12. The molecule has 0 aliphatic rings. The van der Waals surface area contributed by atoms with Crippen LogP contribution in [0.5, 0.6) is 0 Å². The van der Waals surface area contributed by atoms with E-state index in [4.69, 9.17) is 0 Å². The average Bonchev–Trinajstić information content (AvgIpc) is 2.34. The van der Waals surface area contributed by atoms with Gasteiger partial charge >= 0.3 is 0 Å². The summed E-state index contributed by atoms with van der Waals surface area (Å²) in [6.45, 7) is 7.98. The van der Waals surface area contributed by atoms with Crippen molar-refractivity contribution in [1.29, 1.82) is 0 Å². The molecule has 0 radical (unpaired) electrons. The molecule has 100 valence electrons. The number of likely N-dealkylation sites (N-methyl/N-ethyl adjacent to an activating group) is 1. The highest BCUT2D eigenvalue weighted by Gasteiger charge is 2.07. The van der Waals surface area contributed by atoms with Crippen molar-refractivity contribution in [2.45, 2.75) is 27.2 Å². The summed E-state index contributed by atoms with van der Waals surface area (Å²) in [5, 5.41) is 3.27. The van der Waals surface area contributed by atoms with Crippen LogP contribution in [0.25, 0.3) is 6.08 Å². The molecule has 0 fully saturated rings. The van der Waals surface area contributed by atoms with Gasteiger partial charge in [0.2, 0.25) is 0 Å². The molecule has 0 heterocycles. The molecule has 0 aromatic heterocycles. The number of hydrogen-bond donors (Lipinski definition) is 1. The summed E-state index contributed by atoms with van der Waals surface area (Å²) in [4.78, 5) is 0. The highest BCUT2D eigenvalue weighted by atomic mass is 19.3. The maximum atomic E-state index is 12.6. The van der Waals surface area contributed by atoms with Crippen molar-refractivity contribution in [3.8, 4) is 0 Å². The third kappa shape index (κ3) is 4.57. The first-order chi connectivity index (χ1) is 8.54. The summed E-state index contributed by atoms with van der Waals surface area (Å²) < 4.78 is 25.2. The number of alkyl halides is 2. The topological polar surface area (TPSA) is 12.0 Å². The van der Waals surface area contributed by atoms with Crippen molar-refractivity contribution < 1.29 is 8.78 Å². The monoisotopic (exact) mass is 253 g/mol. The molecule has 0 bridgehead atoms. The van der Waals surface area contributed by atoms with Gasteiger partial charge in [-0.2, -0.15) is 0 Å². The van der Waals surface area contributed by atoms with Gasteiger partial charge < -0.3 is 5.32 Å². The molecule has 3 heteroatoms. The Morgan fingerprint density at radius 1 is 1.33 bits per heavy atom. The highest BCUT2D eigenvalue weighted by molar-refractivity contribution is 5.54. The molecule has 0 unspecified atom stereocenters. The van der Waals surface area contributed by atoms with E-state index in [1.807, 2.05) is 12.1 Å². The summed E-state index contributed by atoms with van der Waals surface area (Å²) in [7, 11) is 0. The van der Waals surface area contributed by atoms with Crippen LogP contribution in [0.1, 0.15) is 38.3 Å². The zero-order chi connectivity index (χ0) is 13.5. The maximum absolute atomic E-state index is 12.6. The van der Waals surface area contributed by atoms with Gasteiger partial charge in [0.05, 0.1) is 0 Å². The van der Waals surface area contributed by atoms with E-state index in [1.165, 1.54) is 11.6 Å². The minimum absolute atomic E-state index is 0.0790. The van der Waals surface area contributed by atoms with Gasteiger partial charge in [-0.15, -0.1) is 0 Å². The van der Waals surface area contributed by atoms with Crippen LogP contribution in [0.4, 0.5) is 8.78 Å². The van der Waals surface area contributed by atoms with Crippen LogP contribution < -0.4 is 5.32 Å². The molecule has 1 aromatic rings. The van der Waals surface area contributed by atoms with E-state index in [2.05, 4.69) is 26.1 Å². The van der Waals surface area contributed by atoms with Gasteiger partial charge in [-0.1, -0.05) is 50.6 Å². The third-order valence-electron chi connectivity index (χ3n) is 2.84. The Morgan fingerprint density at radius 3 is 2.61 bits per heavy atom. The molecule has 18 heavy (non-hydrogen) atoms. The molecular formula is C15H21F2N. The lowest BCUT2D eigenvalue weighted by molar-refractivity contribution is 0.151. The maximum Gasteiger partial charge on any atom is 0.263 e. The van der Waals surface area contributed by atoms with Crippen LogP contribution in [0.3, 0.4) is 0 Å². The summed E-state index contributed by atoms with van der Waals surface area (Å²) in [5.41, 5.74) is 2.15. The van der Waals surface area contributed by atoms with E-state index in [-0.39, 0.29) is 5.56 Å². The van der Waals surface area contributed by atoms with Gasteiger partial charge in [0.15, 0.2) is 0 Å². The van der Waals surface area contributed by atoms with Crippen LogP contribution in [-0.4, -0.2) is 13.1 Å². The first-order valence-corrected chi connectivity index (χ1v) is 6.33. The Bertz CT molecular complexity index is 397. The number of rotatable bonds is 6.